The molecule has 2 nitrogen and oxygen atoms in total. The van der Waals surface area contributed by atoms with Gasteiger partial charge in [-0.1, -0.05) is 176 Å². The van der Waals surface area contributed by atoms with E-state index in [0.717, 1.165) is 39.3 Å². The summed E-state index contributed by atoms with van der Waals surface area (Å²) >= 11 is 0. The van der Waals surface area contributed by atoms with Crippen molar-refractivity contribution >= 4 is 53.2 Å². The Balaban J connectivity index is 1.54. The molecule has 1 atom stereocenters. The summed E-state index contributed by atoms with van der Waals surface area (Å²) < 4.78 is 12.6. The first kappa shape index (κ1) is 33.2. The molecule has 0 radical (unpaired) electrons. The highest BCUT2D eigenvalue weighted by atomic mass is 31.1. The first-order valence-electron chi connectivity index (χ1n) is 16.6. The van der Waals surface area contributed by atoms with E-state index in [4.69, 9.17) is 9.47 Å². The second kappa shape index (κ2) is 15.5. The number of hydrogen-bond donors (Lipinski definition) is 0. The zero-order valence-electron chi connectivity index (χ0n) is 28.2. The molecule has 1 unspecified atom stereocenters. The zero-order chi connectivity index (χ0) is 34.3. The summed E-state index contributed by atoms with van der Waals surface area (Å²) in [7, 11) is 1.47. The summed E-state index contributed by atoms with van der Waals surface area (Å²) in [5.74, 6) is 1.63. The number of hydrogen-bond acceptors (Lipinski definition) is 2. The van der Waals surface area contributed by atoms with Gasteiger partial charge in [-0.25, -0.2) is 0 Å². The molecule has 0 fully saturated rings. The Kier molecular flexibility index (Phi) is 10.3. The Morgan fingerprint density at radius 3 is 1.26 bits per heavy atom. The fourth-order valence-corrected chi connectivity index (χ4v) is 11.7. The molecule has 0 aliphatic carbocycles. The van der Waals surface area contributed by atoms with E-state index in [-0.39, 0.29) is 0 Å². The third-order valence-corrected chi connectivity index (χ3v) is 13.8. The van der Waals surface area contributed by atoms with Gasteiger partial charge in [0.05, 0.1) is 14.2 Å². The van der Waals surface area contributed by atoms with Gasteiger partial charge in [0.1, 0.15) is 11.5 Å². The SMILES string of the molecule is C=C(c1ccccc1)c1ccccc1P(c1ccccc1)c1cccc(OC)c1-c1c(OC)cccc1P(c1ccccc1)c1ccccc1. The van der Waals surface area contributed by atoms with Gasteiger partial charge in [0, 0.05) is 11.1 Å². The van der Waals surface area contributed by atoms with Crippen molar-refractivity contribution in [1.82, 2.24) is 0 Å². The van der Waals surface area contributed by atoms with Crippen molar-refractivity contribution < 1.29 is 9.47 Å². The minimum atomic E-state index is -1.10. The van der Waals surface area contributed by atoms with Crippen molar-refractivity contribution in [2.24, 2.45) is 0 Å². The molecule has 7 rings (SSSR count). The van der Waals surface area contributed by atoms with Crippen LogP contribution in [-0.2, 0) is 0 Å². The Hall–Kier alpha value is -5.26. The van der Waals surface area contributed by atoms with Gasteiger partial charge in [0.15, 0.2) is 0 Å². The lowest BCUT2D eigenvalue weighted by Crippen LogP contribution is -2.27. The molecule has 0 saturated carbocycles. The zero-order valence-corrected chi connectivity index (χ0v) is 30.0. The van der Waals surface area contributed by atoms with Gasteiger partial charge in [-0.05, 0) is 76.5 Å². The summed E-state index contributed by atoms with van der Waals surface area (Å²) in [6.07, 6.45) is 0. The van der Waals surface area contributed by atoms with Gasteiger partial charge >= 0.3 is 0 Å². The predicted octanol–water partition coefficient (Wildman–Crippen LogP) is 8.95. The highest BCUT2D eigenvalue weighted by Gasteiger charge is 2.30. The van der Waals surface area contributed by atoms with Gasteiger partial charge in [-0.15, -0.1) is 0 Å². The number of benzene rings is 7. The third-order valence-electron chi connectivity index (χ3n) is 8.82. The molecule has 0 N–H and O–H groups in total. The van der Waals surface area contributed by atoms with Crippen LogP contribution in [0.15, 0.2) is 189 Å². The number of ether oxygens (including phenoxy) is 2. The molecule has 0 bridgehead atoms. The fourth-order valence-electron chi connectivity index (χ4n) is 6.54. The van der Waals surface area contributed by atoms with E-state index in [1.54, 1.807) is 14.2 Å². The van der Waals surface area contributed by atoms with Crippen LogP contribution in [0.4, 0.5) is 0 Å². The smallest absolute Gasteiger partial charge is 0.127 e. The highest BCUT2D eigenvalue weighted by Crippen LogP contribution is 2.47. The molecule has 4 heteroatoms. The van der Waals surface area contributed by atoms with Gasteiger partial charge in [-0.2, -0.15) is 0 Å². The normalized spacial score (nSPS) is 11.6. The molecule has 7 aromatic rings. The molecular formula is C46H38O2P2. The first-order valence-corrected chi connectivity index (χ1v) is 19.3. The lowest BCUT2D eigenvalue weighted by molar-refractivity contribution is 0.411. The largest absolute Gasteiger partial charge is 0.496 e. The Labute approximate surface area is 298 Å². The molecule has 0 saturated heterocycles. The van der Waals surface area contributed by atoms with Crippen LogP contribution in [-0.4, -0.2) is 14.2 Å². The van der Waals surface area contributed by atoms with E-state index in [1.807, 2.05) is 6.07 Å². The van der Waals surface area contributed by atoms with E-state index >= 15 is 0 Å². The van der Waals surface area contributed by atoms with Gasteiger partial charge in [0.2, 0.25) is 0 Å². The van der Waals surface area contributed by atoms with Crippen LogP contribution in [0, 0.1) is 0 Å². The number of rotatable bonds is 11. The van der Waals surface area contributed by atoms with E-state index in [2.05, 4.69) is 183 Å². The van der Waals surface area contributed by atoms with Crippen molar-refractivity contribution in [1.29, 1.82) is 0 Å². The van der Waals surface area contributed by atoms with Crippen LogP contribution in [0.1, 0.15) is 11.1 Å². The van der Waals surface area contributed by atoms with Gasteiger partial charge < -0.3 is 9.47 Å². The topological polar surface area (TPSA) is 18.5 Å². The van der Waals surface area contributed by atoms with Crippen LogP contribution >= 0.6 is 15.8 Å². The molecule has 0 aliphatic heterocycles. The maximum Gasteiger partial charge on any atom is 0.127 e. The summed E-state index contributed by atoms with van der Waals surface area (Å²) in [6.45, 7) is 4.64. The second-order valence-corrected chi connectivity index (χ2v) is 16.1. The fraction of sp³-hybridized carbons (Fsp3) is 0.0435. The average molecular weight is 685 g/mol. The van der Waals surface area contributed by atoms with E-state index in [9.17, 15) is 0 Å². The maximum atomic E-state index is 6.30. The molecule has 0 amide bonds. The Morgan fingerprint density at radius 2 is 0.780 bits per heavy atom. The Morgan fingerprint density at radius 1 is 0.400 bits per heavy atom. The van der Waals surface area contributed by atoms with Crippen molar-refractivity contribution in [3.05, 3.63) is 200 Å². The lowest BCUT2D eigenvalue weighted by atomic mass is 10.00. The van der Waals surface area contributed by atoms with Crippen molar-refractivity contribution in [2.45, 2.75) is 0 Å². The standard InChI is InChI=1S/C46H38O2P2/c1-34(35-20-8-4-9-21-35)39-28-16-17-31-42(39)50(38-26-14-7-15-27-38)44-33-19-30-41(48-3)46(44)45-40(47-2)29-18-32-43(45)49(36-22-10-5-11-23-36)37-24-12-6-13-25-37/h4-33H,1H2,2-3H3. The molecule has 0 aromatic heterocycles. The van der Waals surface area contributed by atoms with Crippen LogP contribution < -0.4 is 41.3 Å². The highest BCUT2D eigenvalue weighted by molar-refractivity contribution is 7.81. The van der Waals surface area contributed by atoms with Crippen molar-refractivity contribution in [3.63, 3.8) is 0 Å². The van der Waals surface area contributed by atoms with Crippen LogP contribution in [0.25, 0.3) is 16.7 Å². The number of methoxy groups -OCH3 is 2. The molecule has 7 aromatic carbocycles. The quantitative estimate of drug-likeness (QED) is 0.127. The van der Waals surface area contributed by atoms with Crippen LogP contribution in [0.5, 0.6) is 11.5 Å². The monoisotopic (exact) mass is 684 g/mol. The second-order valence-electron chi connectivity index (χ2n) is 11.7. The summed E-state index contributed by atoms with van der Waals surface area (Å²) in [6, 6.07) is 64.7. The predicted molar refractivity (Wildman–Crippen MR) is 217 cm³/mol. The average Bonchev–Trinajstić information content (AvgIpc) is 3.19. The minimum absolute atomic E-state index is 0.812. The summed E-state index contributed by atoms with van der Waals surface area (Å²) in [5, 5.41) is 7.44. The van der Waals surface area contributed by atoms with Crippen LogP contribution in [0.2, 0.25) is 0 Å². The molecule has 244 valence electrons. The van der Waals surface area contributed by atoms with Crippen molar-refractivity contribution in [2.75, 3.05) is 14.2 Å². The molecular weight excluding hydrogens is 646 g/mol. The van der Waals surface area contributed by atoms with E-state index < -0.39 is 15.8 Å². The summed E-state index contributed by atoms with van der Waals surface area (Å²) in [4.78, 5) is 0. The lowest BCUT2D eigenvalue weighted by Gasteiger charge is -2.29. The first-order chi connectivity index (χ1) is 24.7. The molecule has 0 aliphatic rings. The summed E-state index contributed by atoms with van der Waals surface area (Å²) in [5.41, 5.74) is 5.36. The van der Waals surface area contributed by atoms with Gasteiger partial charge in [-0.3, -0.25) is 0 Å². The Bertz CT molecular complexity index is 2160. The van der Waals surface area contributed by atoms with Crippen molar-refractivity contribution in [3.8, 4) is 22.6 Å². The van der Waals surface area contributed by atoms with Crippen LogP contribution in [0.3, 0.4) is 0 Å². The van der Waals surface area contributed by atoms with E-state index in [0.29, 0.717) is 0 Å². The maximum absolute atomic E-state index is 6.30. The minimum Gasteiger partial charge on any atom is -0.496 e. The van der Waals surface area contributed by atoms with E-state index in [1.165, 1.54) is 31.8 Å². The third kappa shape index (κ3) is 6.66. The molecule has 0 heterocycles. The van der Waals surface area contributed by atoms with Gasteiger partial charge in [0.25, 0.3) is 0 Å². The molecule has 0 spiro atoms. The molecule has 50 heavy (non-hydrogen) atoms.